The second-order valence-corrected chi connectivity index (χ2v) is 8.47. The number of methoxy groups -OCH3 is 1. The number of fused-ring (bicyclic) bond motifs is 2. The van der Waals surface area contributed by atoms with Crippen molar-refractivity contribution < 1.29 is 18.7 Å². The largest absolute Gasteiger partial charge is 0.453 e. The summed E-state index contributed by atoms with van der Waals surface area (Å²) < 4.78 is 18.9. The normalized spacial score (nSPS) is 20.9. The molecule has 0 saturated carbocycles. The number of urea groups is 1. The van der Waals surface area contributed by atoms with Crippen molar-refractivity contribution in [1.82, 2.24) is 9.88 Å². The first kappa shape index (κ1) is 18.2. The first-order chi connectivity index (χ1) is 12.9. The monoisotopic (exact) mass is 454 g/mol. The Morgan fingerprint density at radius 2 is 2.22 bits per heavy atom. The van der Waals surface area contributed by atoms with Gasteiger partial charge in [-0.25, -0.2) is 14.6 Å². The Labute approximate surface area is 167 Å². The number of anilines is 2. The van der Waals surface area contributed by atoms with Crippen molar-refractivity contribution in [3.63, 3.8) is 0 Å². The molecule has 2 aromatic rings. The van der Waals surface area contributed by atoms with E-state index in [-0.39, 0.29) is 22.7 Å². The molecule has 2 aliphatic rings. The summed E-state index contributed by atoms with van der Waals surface area (Å²) in [5, 5.41) is 2.40. The van der Waals surface area contributed by atoms with Crippen LogP contribution in [0.5, 0.6) is 0 Å². The number of aromatic nitrogens is 1. The number of halogens is 2. The van der Waals surface area contributed by atoms with Crippen LogP contribution >= 0.6 is 27.3 Å². The highest BCUT2D eigenvalue weighted by atomic mass is 79.9. The third-order valence-electron chi connectivity index (χ3n) is 5.00. The Hall–Kier alpha value is -2.20. The summed E-state index contributed by atoms with van der Waals surface area (Å²) in [5.41, 5.74) is 1.42. The summed E-state index contributed by atoms with van der Waals surface area (Å²) in [4.78, 5) is 31.9. The molecule has 1 aromatic carbocycles. The van der Waals surface area contributed by atoms with E-state index in [4.69, 9.17) is 4.74 Å². The molecule has 1 saturated heterocycles. The molecule has 2 aliphatic heterocycles. The minimum Gasteiger partial charge on any atom is -0.453 e. The number of carbonyl (C=O) groups excluding carboxylic acids is 2. The van der Waals surface area contributed by atoms with Gasteiger partial charge >= 0.3 is 12.1 Å². The number of thiazole rings is 1. The lowest BCUT2D eigenvalue weighted by Gasteiger charge is -2.25. The van der Waals surface area contributed by atoms with Gasteiger partial charge in [0.15, 0.2) is 10.3 Å². The average molecular weight is 455 g/mol. The van der Waals surface area contributed by atoms with Gasteiger partial charge in [-0.15, -0.1) is 0 Å². The van der Waals surface area contributed by atoms with Crippen LogP contribution in [-0.4, -0.2) is 48.8 Å². The molecule has 27 heavy (non-hydrogen) atoms. The van der Waals surface area contributed by atoms with Crippen LogP contribution in [0.15, 0.2) is 28.9 Å². The molecule has 1 unspecified atom stereocenters. The van der Waals surface area contributed by atoms with E-state index in [0.717, 1.165) is 39.7 Å². The van der Waals surface area contributed by atoms with Gasteiger partial charge in [-0.05, 0) is 30.2 Å². The quantitative estimate of drug-likeness (QED) is 0.710. The van der Waals surface area contributed by atoms with Gasteiger partial charge in [-0.1, -0.05) is 27.3 Å². The molecule has 0 aliphatic carbocycles. The fraction of sp³-hybridized carbons (Fsp3) is 0.353. The first-order valence-electron chi connectivity index (χ1n) is 8.25. The van der Waals surface area contributed by atoms with Gasteiger partial charge in [0.05, 0.1) is 13.3 Å². The molecule has 4 rings (SSSR count). The van der Waals surface area contributed by atoms with Crippen molar-refractivity contribution in [2.24, 2.45) is 0 Å². The summed E-state index contributed by atoms with van der Waals surface area (Å²) in [7, 11) is 1.36. The predicted molar refractivity (Wildman–Crippen MR) is 103 cm³/mol. The molecule has 10 heteroatoms. The number of nitrogens with zero attached hydrogens (tertiary/aromatic N) is 3. The van der Waals surface area contributed by atoms with Crippen LogP contribution in [0.2, 0.25) is 0 Å². The zero-order chi connectivity index (χ0) is 19.2. The van der Waals surface area contributed by atoms with E-state index in [1.807, 2.05) is 18.2 Å². The number of carbonyl (C=O) groups is 2. The van der Waals surface area contributed by atoms with E-state index in [9.17, 15) is 14.0 Å². The Morgan fingerprint density at radius 1 is 1.41 bits per heavy atom. The number of rotatable bonds is 1. The number of ether oxygens (including phenoxy) is 1. The van der Waals surface area contributed by atoms with Gasteiger partial charge in [0, 0.05) is 35.2 Å². The molecule has 1 N–H and O–H groups in total. The summed E-state index contributed by atoms with van der Waals surface area (Å²) in [6.45, 7) is 1.45. The van der Waals surface area contributed by atoms with Crippen LogP contribution in [0.4, 0.5) is 24.8 Å². The molecular formula is C17H16BrFN4O3S. The Kier molecular flexibility index (Phi) is 4.55. The maximum Gasteiger partial charge on any atom is 0.409 e. The molecule has 3 heterocycles. The van der Waals surface area contributed by atoms with E-state index in [2.05, 4.69) is 26.2 Å². The molecule has 7 nitrogen and oxygen atoms in total. The number of nitrogens with one attached hydrogen (secondary N) is 1. The van der Waals surface area contributed by atoms with Crippen LogP contribution in [0.1, 0.15) is 12.0 Å². The maximum atomic E-state index is 13.2. The second-order valence-electron chi connectivity index (χ2n) is 6.57. The van der Waals surface area contributed by atoms with E-state index >= 15 is 0 Å². The van der Waals surface area contributed by atoms with E-state index in [1.54, 1.807) is 9.80 Å². The molecule has 1 aromatic heterocycles. The van der Waals surface area contributed by atoms with Crippen molar-refractivity contribution in [2.75, 3.05) is 37.0 Å². The number of likely N-dealkylation sites (tertiary alicyclic amines) is 1. The van der Waals surface area contributed by atoms with Crippen molar-refractivity contribution in [1.29, 1.82) is 0 Å². The highest BCUT2D eigenvalue weighted by molar-refractivity contribution is 9.10. The van der Waals surface area contributed by atoms with Crippen LogP contribution in [0.3, 0.4) is 0 Å². The number of amides is 3. The van der Waals surface area contributed by atoms with Crippen molar-refractivity contribution in [3.05, 3.63) is 39.6 Å². The summed E-state index contributed by atoms with van der Waals surface area (Å²) in [6.07, 6.45) is 1.42. The van der Waals surface area contributed by atoms with E-state index in [0.29, 0.717) is 19.6 Å². The summed E-state index contributed by atoms with van der Waals surface area (Å²) in [5.74, 6) is 0. The highest BCUT2D eigenvalue weighted by Gasteiger charge is 2.50. The van der Waals surface area contributed by atoms with Gasteiger partial charge in [0.1, 0.15) is 0 Å². The fourth-order valence-corrected chi connectivity index (χ4v) is 4.70. The van der Waals surface area contributed by atoms with E-state index in [1.165, 1.54) is 7.11 Å². The van der Waals surface area contributed by atoms with Crippen molar-refractivity contribution >= 4 is 50.2 Å². The number of hydrogen-bond donors (Lipinski definition) is 1. The highest BCUT2D eigenvalue weighted by Crippen LogP contribution is 2.47. The topological polar surface area (TPSA) is 74.8 Å². The predicted octanol–water partition coefficient (Wildman–Crippen LogP) is 3.81. The number of hydrogen-bond acceptors (Lipinski definition) is 5. The molecule has 1 atom stereocenters. The molecule has 1 fully saturated rings. The molecule has 0 radical (unpaired) electrons. The van der Waals surface area contributed by atoms with Crippen LogP contribution in [-0.2, 0) is 10.2 Å². The van der Waals surface area contributed by atoms with Crippen LogP contribution in [0, 0.1) is 5.13 Å². The molecule has 1 spiro atoms. The Bertz CT molecular complexity index is 923. The van der Waals surface area contributed by atoms with Gasteiger partial charge in [-0.2, -0.15) is 4.39 Å². The lowest BCUT2D eigenvalue weighted by Crippen LogP contribution is -2.41. The summed E-state index contributed by atoms with van der Waals surface area (Å²) >= 11 is 4.27. The zero-order valence-corrected chi connectivity index (χ0v) is 16.8. The van der Waals surface area contributed by atoms with Crippen molar-refractivity contribution in [2.45, 2.75) is 11.8 Å². The zero-order valence-electron chi connectivity index (χ0n) is 14.4. The van der Waals surface area contributed by atoms with Gasteiger partial charge in [0.2, 0.25) is 0 Å². The molecule has 142 valence electrons. The minimum atomic E-state index is -0.461. The molecular weight excluding hydrogens is 439 g/mol. The van der Waals surface area contributed by atoms with Gasteiger partial charge < -0.3 is 9.64 Å². The minimum absolute atomic E-state index is 0.208. The smallest absolute Gasteiger partial charge is 0.409 e. The van der Waals surface area contributed by atoms with Crippen molar-refractivity contribution in [3.8, 4) is 0 Å². The average Bonchev–Trinajstić information content (AvgIpc) is 3.34. The molecule has 0 bridgehead atoms. The maximum absolute atomic E-state index is 13.2. The SMILES string of the molecule is COC(=O)N1CCC2(C1)CN(C(=O)Nc1ncc(F)s1)c1ccc(Br)cc12. The standard InChI is InChI=1S/C17H16BrFN4O3S/c1-26-16(25)22-5-4-17(8-22)9-23(12-3-2-10(18)6-11(12)17)15(24)21-14-20-7-13(19)27-14/h2-3,6-7H,4-5,8-9H2,1H3,(H,20,21,24). The Balaban J connectivity index is 1.64. The lowest BCUT2D eigenvalue weighted by molar-refractivity contribution is 0.131. The Morgan fingerprint density at radius 3 is 2.93 bits per heavy atom. The van der Waals surface area contributed by atoms with Gasteiger partial charge in [-0.3, -0.25) is 10.2 Å². The fourth-order valence-electron chi connectivity index (χ4n) is 3.80. The van der Waals surface area contributed by atoms with Gasteiger partial charge in [0.25, 0.3) is 0 Å². The lowest BCUT2D eigenvalue weighted by atomic mass is 9.82. The van der Waals surface area contributed by atoms with E-state index < -0.39 is 5.13 Å². The third kappa shape index (κ3) is 3.16. The number of benzene rings is 1. The van der Waals surface area contributed by atoms with Crippen LogP contribution < -0.4 is 10.2 Å². The first-order valence-corrected chi connectivity index (χ1v) is 9.86. The second kappa shape index (κ2) is 6.75. The summed E-state index contributed by atoms with van der Waals surface area (Å²) in [6, 6.07) is 5.36. The third-order valence-corrected chi connectivity index (χ3v) is 6.20. The van der Waals surface area contributed by atoms with Crippen LogP contribution in [0.25, 0.3) is 0 Å². The molecule has 3 amide bonds.